The maximum Gasteiger partial charge on any atom is 0.244 e. The Morgan fingerprint density at radius 1 is 1.25 bits per heavy atom. The van der Waals surface area contributed by atoms with Crippen LogP contribution in [0.5, 0.6) is 0 Å². The average molecular weight is 360 g/mol. The van der Waals surface area contributed by atoms with E-state index in [1.165, 1.54) is 18.4 Å². The summed E-state index contributed by atoms with van der Waals surface area (Å²) in [4.78, 5) is 8.11. The summed E-state index contributed by atoms with van der Waals surface area (Å²) in [5.74, 6) is 1.41. The van der Waals surface area contributed by atoms with Gasteiger partial charge in [0.2, 0.25) is 11.7 Å². The van der Waals surface area contributed by atoms with Gasteiger partial charge in [0, 0.05) is 11.6 Å². The number of hydrogen-bond donors (Lipinski definition) is 0. The molecule has 4 nitrogen and oxygen atoms in total. The standard InChI is InChI=1S/C18H18ClN3OS/c19-14-6-3-5-13(11-14)12-22-9-2-1-7-15(22)18-20-17(21-23-18)16-8-4-10-24-16/h3-6,8,10-11,15H,1-2,7,9,12H2. The molecule has 124 valence electrons. The SMILES string of the molecule is Clc1cccc(CN2CCCCC2c2nc(-c3cccs3)no2)c1. The molecule has 2 aromatic heterocycles. The topological polar surface area (TPSA) is 42.2 Å². The fourth-order valence-corrected chi connectivity index (χ4v) is 4.07. The van der Waals surface area contributed by atoms with Crippen LogP contribution in [0, 0.1) is 0 Å². The Labute approximate surface area is 150 Å². The number of thiophene rings is 1. The summed E-state index contributed by atoms with van der Waals surface area (Å²) in [6, 6.07) is 12.2. The van der Waals surface area contributed by atoms with E-state index in [1.54, 1.807) is 11.3 Å². The molecule has 1 aromatic carbocycles. The Morgan fingerprint density at radius 2 is 2.21 bits per heavy atom. The van der Waals surface area contributed by atoms with E-state index in [9.17, 15) is 0 Å². The number of likely N-dealkylation sites (tertiary alicyclic amines) is 1. The van der Waals surface area contributed by atoms with Crippen molar-refractivity contribution in [3.63, 3.8) is 0 Å². The van der Waals surface area contributed by atoms with Crippen LogP contribution in [0.4, 0.5) is 0 Å². The molecule has 1 aliphatic rings. The van der Waals surface area contributed by atoms with Crippen LogP contribution < -0.4 is 0 Å². The molecule has 1 saturated heterocycles. The van der Waals surface area contributed by atoms with Crippen molar-refractivity contribution in [2.75, 3.05) is 6.54 Å². The van der Waals surface area contributed by atoms with Crippen LogP contribution in [0.25, 0.3) is 10.7 Å². The third-order valence-corrected chi connectivity index (χ3v) is 5.46. The lowest BCUT2D eigenvalue weighted by molar-refractivity contribution is 0.111. The molecule has 1 atom stereocenters. The van der Waals surface area contributed by atoms with Crippen molar-refractivity contribution < 1.29 is 4.52 Å². The zero-order valence-electron chi connectivity index (χ0n) is 13.2. The Morgan fingerprint density at radius 3 is 3.04 bits per heavy atom. The van der Waals surface area contributed by atoms with E-state index >= 15 is 0 Å². The molecule has 1 unspecified atom stereocenters. The molecule has 0 aliphatic carbocycles. The Bertz CT molecular complexity index is 802. The van der Waals surface area contributed by atoms with Gasteiger partial charge in [-0.3, -0.25) is 4.90 Å². The van der Waals surface area contributed by atoms with Crippen molar-refractivity contribution in [2.24, 2.45) is 0 Å². The highest BCUT2D eigenvalue weighted by Crippen LogP contribution is 2.33. The van der Waals surface area contributed by atoms with E-state index in [2.05, 4.69) is 21.1 Å². The summed E-state index contributed by atoms with van der Waals surface area (Å²) in [5, 5.41) is 6.97. The van der Waals surface area contributed by atoms with Gasteiger partial charge in [0.1, 0.15) is 0 Å². The number of piperidine rings is 1. The van der Waals surface area contributed by atoms with Crippen LogP contribution in [0.3, 0.4) is 0 Å². The molecule has 3 aromatic rings. The number of hydrogen-bond acceptors (Lipinski definition) is 5. The highest BCUT2D eigenvalue weighted by Gasteiger charge is 2.29. The lowest BCUT2D eigenvalue weighted by Gasteiger charge is -2.33. The van der Waals surface area contributed by atoms with Gasteiger partial charge >= 0.3 is 0 Å². The first-order valence-corrected chi connectivity index (χ1v) is 9.41. The van der Waals surface area contributed by atoms with Gasteiger partial charge in [0.25, 0.3) is 0 Å². The van der Waals surface area contributed by atoms with E-state index in [0.717, 1.165) is 35.3 Å². The summed E-state index contributed by atoms with van der Waals surface area (Å²) in [7, 11) is 0. The summed E-state index contributed by atoms with van der Waals surface area (Å²) >= 11 is 7.75. The molecule has 3 heterocycles. The van der Waals surface area contributed by atoms with Crippen LogP contribution in [-0.2, 0) is 6.54 Å². The lowest BCUT2D eigenvalue weighted by atomic mass is 10.0. The van der Waals surface area contributed by atoms with Crippen molar-refractivity contribution in [1.29, 1.82) is 0 Å². The van der Waals surface area contributed by atoms with E-state index in [0.29, 0.717) is 5.82 Å². The fourth-order valence-electron chi connectivity index (χ4n) is 3.21. The molecule has 1 fully saturated rings. The zero-order chi connectivity index (χ0) is 16.4. The molecular weight excluding hydrogens is 342 g/mol. The molecule has 0 saturated carbocycles. The van der Waals surface area contributed by atoms with Gasteiger partial charge in [0.05, 0.1) is 10.9 Å². The molecule has 0 N–H and O–H groups in total. The van der Waals surface area contributed by atoms with Crippen molar-refractivity contribution in [1.82, 2.24) is 15.0 Å². The molecule has 0 spiro atoms. The number of aromatic nitrogens is 2. The lowest BCUT2D eigenvalue weighted by Crippen LogP contribution is -2.33. The average Bonchev–Trinajstić information content (AvgIpc) is 3.27. The second-order valence-electron chi connectivity index (χ2n) is 6.05. The zero-order valence-corrected chi connectivity index (χ0v) is 14.8. The van der Waals surface area contributed by atoms with Crippen LogP contribution in [-0.4, -0.2) is 21.6 Å². The van der Waals surface area contributed by atoms with Crippen LogP contribution >= 0.6 is 22.9 Å². The molecular formula is C18H18ClN3OS. The van der Waals surface area contributed by atoms with E-state index in [-0.39, 0.29) is 6.04 Å². The highest BCUT2D eigenvalue weighted by molar-refractivity contribution is 7.13. The number of halogens is 1. The summed E-state index contributed by atoms with van der Waals surface area (Å²) in [6.07, 6.45) is 3.43. The van der Waals surface area contributed by atoms with Crippen molar-refractivity contribution in [3.8, 4) is 10.7 Å². The molecule has 0 radical (unpaired) electrons. The van der Waals surface area contributed by atoms with E-state index in [1.807, 2.05) is 35.7 Å². The largest absolute Gasteiger partial charge is 0.337 e. The van der Waals surface area contributed by atoms with E-state index in [4.69, 9.17) is 16.1 Å². The van der Waals surface area contributed by atoms with E-state index < -0.39 is 0 Å². The van der Waals surface area contributed by atoms with Crippen molar-refractivity contribution >= 4 is 22.9 Å². The molecule has 4 rings (SSSR count). The third kappa shape index (κ3) is 3.38. The molecule has 0 amide bonds. The Balaban J connectivity index is 1.56. The summed E-state index contributed by atoms with van der Waals surface area (Å²) in [5.41, 5.74) is 1.22. The smallest absolute Gasteiger partial charge is 0.244 e. The molecule has 0 bridgehead atoms. The van der Waals surface area contributed by atoms with Crippen LogP contribution in [0.15, 0.2) is 46.3 Å². The van der Waals surface area contributed by atoms with Crippen molar-refractivity contribution in [3.05, 3.63) is 58.3 Å². The van der Waals surface area contributed by atoms with Gasteiger partial charge in [-0.05, 0) is 48.5 Å². The summed E-state index contributed by atoms with van der Waals surface area (Å²) in [6.45, 7) is 1.88. The fraction of sp³-hybridized carbons (Fsp3) is 0.333. The third-order valence-electron chi connectivity index (χ3n) is 4.36. The molecule has 1 aliphatic heterocycles. The van der Waals surface area contributed by atoms with Crippen LogP contribution in [0.1, 0.15) is 36.8 Å². The van der Waals surface area contributed by atoms with Gasteiger partial charge in [-0.2, -0.15) is 4.98 Å². The minimum atomic E-state index is 0.180. The van der Waals surface area contributed by atoms with Gasteiger partial charge in [-0.25, -0.2) is 0 Å². The Kier molecular flexibility index (Phi) is 4.65. The predicted octanol–water partition coefficient (Wildman–Crippen LogP) is 5.18. The van der Waals surface area contributed by atoms with Gasteiger partial charge in [0.15, 0.2) is 0 Å². The maximum atomic E-state index is 6.12. The quantitative estimate of drug-likeness (QED) is 0.643. The number of rotatable bonds is 4. The van der Waals surface area contributed by atoms with Gasteiger partial charge in [-0.15, -0.1) is 11.3 Å². The monoisotopic (exact) mass is 359 g/mol. The maximum absolute atomic E-state index is 6.12. The number of nitrogens with zero attached hydrogens (tertiary/aromatic N) is 3. The first-order valence-electron chi connectivity index (χ1n) is 8.15. The minimum absolute atomic E-state index is 0.180. The predicted molar refractivity (Wildman–Crippen MR) is 96.1 cm³/mol. The molecule has 6 heteroatoms. The van der Waals surface area contributed by atoms with Gasteiger partial charge in [-0.1, -0.05) is 41.4 Å². The van der Waals surface area contributed by atoms with Crippen molar-refractivity contribution in [2.45, 2.75) is 31.8 Å². The minimum Gasteiger partial charge on any atom is -0.337 e. The normalized spacial score (nSPS) is 18.8. The Hall–Kier alpha value is -1.69. The molecule has 24 heavy (non-hydrogen) atoms. The second kappa shape index (κ2) is 7.05. The highest BCUT2D eigenvalue weighted by atomic mass is 35.5. The first-order chi connectivity index (χ1) is 11.8. The summed E-state index contributed by atoms with van der Waals surface area (Å²) < 4.78 is 5.60. The first kappa shape index (κ1) is 15.8. The van der Waals surface area contributed by atoms with Gasteiger partial charge < -0.3 is 4.52 Å². The van der Waals surface area contributed by atoms with Crippen LogP contribution in [0.2, 0.25) is 5.02 Å². The second-order valence-corrected chi connectivity index (χ2v) is 7.43. The number of benzene rings is 1.